The molecule has 0 saturated carbocycles. The Morgan fingerprint density at radius 3 is 2.30 bits per heavy atom. The van der Waals surface area contributed by atoms with Crippen molar-refractivity contribution in [2.45, 2.75) is 23.7 Å². The Morgan fingerprint density at radius 1 is 1.07 bits per heavy atom. The van der Waals surface area contributed by atoms with Crippen LogP contribution >= 0.6 is 0 Å². The number of sulfone groups is 1. The molecule has 0 bridgehead atoms. The third-order valence-corrected chi connectivity index (χ3v) is 5.16. The molecule has 2 aromatic rings. The third-order valence-electron chi connectivity index (χ3n) is 3.66. The summed E-state index contributed by atoms with van der Waals surface area (Å²) in [4.78, 5) is -0.817. The van der Waals surface area contributed by atoms with Gasteiger partial charge in [0.15, 0.2) is 0 Å². The van der Waals surface area contributed by atoms with E-state index in [-0.39, 0.29) is 6.61 Å². The topological polar surface area (TPSA) is 66.4 Å². The highest BCUT2D eigenvalue weighted by Crippen LogP contribution is 2.30. The molecule has 2 N–H and O–H groups in total. The average molecular weight is 397 g/mol. The predicted molar refractivity (Wildman–Crippen MR) is 97.1 cm³/mol. The summed E-state index contributed by atoms with van der Waals surface area (Å²) < 4.78 is 60.4. The van der Waals surface area contributed by atoms with Crippen LogP contribution in [0.4, 0.5) is 18.9 Å². The zero-order valence-electron chi connectivity index (χ0n) is 14.5. The molecular formula is C19H18F3NO3S. The normalized spacial score (nSPS) is 11.6. The van der Waals surface area contributed by atoms with Gasteiger partial charge in [-0.2, -0.15) is 13.2 Å². The van der Waals surface area contributed by atoms with Crippen LogP contribution in [0.3, 0.4) is 0 Å². The molecule has 0 radical (unpaired) electrons. The molecule has 0 saturated heterocycles. The second-order valence-electron chi connectivity index (χ2n) is 5.61. The summed E-state index contributed by atoms with van der Waals surface area (Å²) in [6, 6.07) is 9.75. The van der Waals surface area contributed by atoms with Crippen LogP contribution in [0.25, 0.3) is 0 Å². The fourth-order valence-corrected chi connectivity index (χ4v) is 3.07. The fraction of sp³-hybridized carbons (Fsp3) is 0.263. The van der Waals surface area contributed by atoms with E-state index in [1.807, 2.05) is 19.1 Å². The van der Waals surface area contributed by atoms with Gasteiger partial charge >= 0.3 is 5.51 Å². The van der Waals surface area contributed by atoms with Gasteiger partial charge in [-0.05, 0) is 55.3 Å². The molecule has 0 heterocycles. The Kier molecular flexibility index (Phi) is 6.52. The number of rotatable bonds is 5. The minimum atomic E-state index is -5.36. The van der Waals surface area contributed by atoms with Crippen molar-refractivity contribution in [1.29, 1.82) is 0 Å². The smallest absolute Gasteiger partial charge is 0.396 e. The SMILES string of the molecule is CCNc1cc(CCO)ccc1C#Cc1ccc(S(=O)(=O)C(F)(F)F)cc1. The molecule has 0 unspecified atom stereocenters. The van der Waals surface area contributed by atoms with Crippen molar-refractivity contribution in [2.24, 2.45) is 0 Å². The first kappa shape index (κ1) is 20.8. The molecule has 2 aromatic carbocycles. The Hall–Kier alpha value is -2.50. The van der Waals surface area contributed by atoms with Crippen LogP contribution in [0.1, 0.15) is 23.6 Å². The van der Waals surface area contributed by atoms with Gasteiger partial charge < -0.3 is 10.4 Å². The van der Waals surface area contributed by atoms with Crippen molar-refractivity contribution in [3.63, 3.8) is 0 Å². The summed E-state index contributed by atoms with van der Waals surface area (Å²) in [6.45, 7) is 2.63. The second-order valence-corrected chi connectivity index (χ2v) is 7.55. The van der Waals surface area contributed by atoms with Crippen molar-refractivity contribution in [2.75, 3.05) is 18.5 Å². The average Bonchev–Trinajstić information content (AvgIpc) is 2.61. The van der Waals surface area contributed by atoms with Crippen LogP contribution in [0, 0.1) is 11.8 Å². The molecule has 144 valence electrons. The summed E-state index contributed by atoms with van der Waals surface area (Å²) in [7, 11) is -5.36. The number of nitrogens with one attached hydrogen (secondary N) is 1. The van der Waals surface area contributed by atoms with Crippen LogP contribution in [-0.2, 0) is 16.3 Å². The lowest BCUT2D eigenvalue weighted by Gasteiger charge is -2.09. The summed E-state index contributed by atoms with van der Waals surface area (Å²) >= 11 is 0. The molecule has 0 amide bonds. The molecule has 8 heteroatoms. The Bertz CT molecular complexity index is 956. The predicted octanol–water partition coefficient (Wildman–Crippen LogP) is 3.35. The minimum Gasteiger partial charge on any atom is -0.396 e. The van der Waals surface area contributed by atoms with Crippen molar-refractivity contribution < 1.29 is 26.7 Å². The van der Waals surface area contributed by atoms with Gasteiger partial charge in [-0.3, -0.25) is 0 Å². The summed E-state index contributed by atoms with van der Waals surface area (Å²) in [6.07, 6.45) is 0.515. The second kappa shape index (κ2) is 8.46. The van der Waals surface area contributed by atoms with Crippen LogP contribution < -0.4 is 5.32 Å². The zero-order valence-corrected chi connectivity index (χ0v) is 15.3. The van der Waals surface area contributed by atoms with E-state index in [0.29, 0.717) is 24.1 Å². The van der Waals surface area contributed by atoms with E-state index in [1.54, 1.807) is 6.07 Å². The first-order valence-corrected chi connectivity index (χ1v) is 9.58. The monoisotopic (exact) mass is 397 g/mol. The van der Waals surface area contributed by atoms with Crippen molar-refractivity contribution in [1.82, 2.24) is 0 Å². The van der Waals surface area contributed by atoms with Gasteiger partial charge in [0.2, 0.25) is 0 Å². The van der Waals surface area contributed by atoms with Crippen LogP contribution in [0.2, 0.25) is 0 Å². The third kappa shape index (κ3) is 5.02. The van der Waals surface area contributed by atoms with E-state index >= 15 is 0 Å². The Balaban J connectivity index is 2.30. The van der Waals surface area contributed by atoms with Crippen LogP contribution in [-0.4, -0.2) is 32.2 Å². The molecule has 0 aliphatic rings. The van der Waals surface area contributed by atoms with Crippen LogP contribution in [0.5, 0.6) is 0 Å². The highest BCUT2D eigenvalue weighted by molar-refractivity contribution is 7.92. The first-order valence-electron chi connectivity index (χ1n) is 8.10. The highest BCUT2D eigenvalue weighted by Gasteiger charge is 2.46. The number of halogens is 3. The fourth-order valence-electron chi connectivity index (χ4n) is 2.31. The minimum absolute atomic E-state index is 0.0315. The standard InChI is InChI=1S/C19H18F3NO3S/c1-2-23-18-13-15(11-12-24)4-8-16(18)7-3-14-5-9-17(10-6-14)27(25,26)19(20,21)22/h4-6,8-10,13,23-24H,2,11-12H2,1H3. The maximum atomic E-state index is 12.6. The number of hydrogen-bond acceptors (Lipinski definition) is 4. The highest BCUT2D eigenvalue weighted by atomic mass is 32.2. The maximum absolute atomic E-state index is 12.6. The van der Waals surface area contributed by atoms with Gasteiger partial charge in [0.05, 0.1) is 10.6 Å². The van der Waals surface area contributed by atoms with Crippen molar-refractivity contribution >= 4 is 15.5 Å². The van der Waals surface area contributed by atoms with Crippen LogP contribution in [0.15, 0.2) is 47.4 Å². The van der Waals surface area contributed by atoms with Gasteiger partial charge in [-0.25, -0.2) is 8.42 Å². The number of benzene rings is 2. The van der Waals surface area contributed by atoms with Crippen molar-refractivity contribution in [3.8, 4) is 11.8 Å². The Labute approximate surface area is 156 Å². The van der Waals surface area contributed by atoms with E-state index in [2.05, 4.69) is 17.2 Å². The quantitative estimate of drug-likeness (QED) is 0.760. The summed E-state index contributed by atoms with van der Waals surface area (Å²) in [5, 5.41) is 12.2. The van der Waals surface area contributed by atoms with Gasteiger partial charge in [0.25, 0.3) is 9.84 Å². The van der Waals surface area contributed by atoms with E-state index in [9.17, 15) is 21.6 Å². The molecule has 0 aliphatic carbocycles. The summed E-state index contributed by atoms with van der Waals surface area (Å²) in [5.41, 5.74) is -2.53. The lowest BCUT2D eigenvalue weighted by Crippen LogP contribution is -2.23. The molecule has 0 spiro atoms. The van der Waals surface area contributed by atoms with E-state index in [4.69, 9.17) is 5.11 Å². The molecular weight excluding hydrogens is 379 g/mol. The molecule has 2 rings (SSSR count). The molecule has 0 fully saturated rings. The lowest BCUT2D eigenvalue weighted by atomic mass is 10.1. The number of aliphatic hydroxyl groups excluding tert-OH is 1. The first-order chi connectivity index (χ1) is 12.7. The largest absolute Gasteiger partial charge is 0.501 e. The maximum Gasteiger partial charge on any atom is 0.501 e. The number of anilines is 1. The Morgan fingerprint density at radius 2 is 1.74 bits per heavy atom. The zero-order chi connectivity index (χ0) is 20.1. The summed E-state index contributed by atoms with van der Waals surface area (Å²) in [5.74, 6) is 5.74. The number of hydrogen-bond donors (Lipinski definition) is 2. The van der Waals surface area contributed by atoms with E-state index in [1.165, 1.54) is 12.1 Å². The molecule has 0 aromatic heterocycles. The van der Waals surface area contributed by atoms with Gasteiger partial charge in [-0.15, -0.1) is 0 Å². The van der Waals surface area contributed by atoms with E-state index < -0.39 is 20.2 Å². The number of aliphatic hydroxyl groups is 1. The molecule has 27 heavy (non-hydrogen) atoms. The van der Waals surface area contributed by atoms with E-state index in [0.717, 1.165) is 23.4 Å². The van der Waals surface area contributed by atoms with Crippen molar-refractivity contribution in [3.05, 3.63) is 59.2 Å². The van der Waals surface area contributed by atoms with Gasteiger partial charge in [0, 0.05) is 24.3 Å². The van der Waals surface area contributed by atoms with Gasteiger partial charge in [-0.1, -0.05) is 17.9 Å². The molecule has 0 aliphatic heterocycles. The molecule has 4 nitrogen and oxygen atoms in total. The lowest BCUT2D eigenvalue weighted by molar-refractivity contribution is -0.0436. The number of alkyl halides is 3. The molecule has 0 atom stereocenters. The van der Waals surface area contributed by atoms with Gasteiger partial charge in [0.1, 0.15) is 0 Å².